The van der Waals surface area contributed by atoms with E-state index in [-0.39, 0.29) is 30.3 Å². The second-order valence-electron chi connectivity index (χ2n) is 7.64. The van der Waals surface area contributed by atoms with Crippen LogP contribution in [0.5, 0.6) is 0 Å². The van der Waals surface area contributed by atoms with Gasteiger partial charge in [0.05, 0.1) is 6.17 Å². The molecule has 4 N–H and O–H groups in total. The lowest BCUT2D eigenvalue weighted by Crippen LogP contribution is -2.55. The first-order valence-corrected chi connectivity index (χ1v) is 10.1. The van der Waals surface area contributed by atoms with Crippen LogP contribution in [-0.4, -0.2) is 53.6 Å². The maximum absolute atomic E-state index is 13.0. The molecule has 1 heterocycles. The summed E-state index contributed by atoms with van der Waals surface area (Å²) in [6.45, 7) is 6.55. The third-order valence-electron chi connectivity index (χ3n) is 5.18. The highest BCUT2D eigenvalue weighted by Gasteiger charge is 2.35. The minimum absolute atomic E-state index is 0.00355. The second kappa shape index (κ2) is 11.9. The Morgan fingerprint density at radius 1 is 1.22 bits per heavy atom. The average Bonchev–Trinajstić information content (AvgIpc) is 3.13. The van der Waals surface area contributed by atoms with Gasteiger partial charge in [0, 0.05) is 18.9 Å². The van der Waals surface area contributed by atoms with Crippen LogP contribution in [0.1, 0.15) is 65.7 Å². The summed E-state index contributed by atoms with van der Waals surface area (Å²) < 4.78 is 0. The number of hydrogen-bond donors (Lipinski definition) is 4. The topological polar surface area (TPSA) is 111 Å². The summed E-state index contributed by atoms with van der Waals surface area (Å²) in [6.07, 6.45) is 5.09. The Balaban J connectivity index is 2.82. The van der Waals surface area contributed by atoms with E-state index in [2.05, 4.69) is 17.6 Å². The summed E-state index contributed by atoms with van der Waals surface area (Å²) >= 11 is 0. The molecule has 3 amide bonds. The average molecular weight is 385 g/mol. The van der Waals surface area contributed by atoms with Crippen molar-refractivity contribution < 1.29 is 19.6 Å². The fraction of sp³-hybridized carbons (Fsp3) is 0.842. The highest BCUT2D eigenvalue weighted by atomic mass is 16.5. The smallest absolute Gasteiger partial charge is 0.246 e. The molecular weight excluding hydrogens is 348 g/mol. The van der Waals surface area contributed by atoms with Crippen LogP contribution in [0.2, 0.25) is 0 Å². The van der Waals surface area contributed by atoms with Crippen LogP contribution in [0.4, 0.5) is 0 Å². The first-order chi connectivity index (χ1) is 12.8. The van der Waals surface area contributed by atoms with Crippen molar-refractivity contribution >= 4 is 17.7 Å². The number of carbonyl (C=O) groups excluding carboxylic acids is 3. The maximum atomic E-state index is 13.0. The van der Waals surface area contributed by atoms with E-state index in [0.717, 1.165) is 32.1 Å². The number of likely N-dealkylation sites (tertiary alicyclic amines) is 1. The van der Waals surface area contributed by atoms with E-state index >= 15 is 0 Å². The molecule has 156 valence electrons. The number of rotatable bonds is 11. The number of hydroxylamine groups is 1. The van der Waals surface area contributed by atoms with E-state index < -0.39 is 17.9 Å². The lowest BCUT2D eigenvalue weighted by molar-refractivity contribution is -0.140. The molecule has 0 saturated carbocycles. The number of nitrogens with zero attached hydrogens (tertiary/aromatic N) is 1. The normalized spacial score (nSPS) is 19.0. The Labute approximate surface area is 162 Å². The van der Waals surface area contributed by atoms with Gasteiger partial charge < -0.3 is 15.5 Å². The van der Waals surface area contributed by atoms with Crippen LogP contribution in [0.3, 0.4) is 0 Å². The lowest BCUT2D eigenvalue weighted by Gasteiger charge is -2.31. The van der Waals surface area contributed by atoms with Gasteiger partial charge in [-0.15, -0.1) is 0 Å². The zero-order valence-electron chi connectivity index (χ0n) is 17.1. The third kappa shape index (κ3) is 7.10. The Morgan fingerprint density at radius 3 is 2.48 bits per heavy atom. The van der Waals surface area contributed by atoms with E-state index in [1.807, 2.05) is 20.9 Å². The Morgan fingerprint density at radius 2 is 1.93 bits per heavy atom. The first-order valence-electron chi connectivity index (χ1n) is 10.1. The Kier molecular flexibility index (Phi) is 10.3. The highest BCUT2D eigenvalue weighted by molar-refractivity contribution is 5.90. The van der Waals surface area contributed by atoms with Gasteiger partial charge >= 0.3 is 0 Å². The van der Waals surface area contributed by atoms with Crippen LogP contribution in [0.15, 0.2) is 0 Å². The molecule has 0 aromatic carbocycles. The SMILES string of the molecule is CCCCCC(CC(=O)NO)C(=O)NC(C(=O)N1CCCC1NC)C(C)C. The zero-order valence-corrected chi connectivity index (χ0v) is 17.1. The van der Waals surface area contributed by atoms with Crippen molar-refractivity contribution in [2.24, 2.45) is 11.8 Å². The molecule has 8 nitrogen and oxygen atoms in total. The highest BCUT2D eigenvalue weighted by Crippen LogP contribution is 2.20. The fourth-order valence-electron chi connectivity index (χ4n) is 3.53. The van der Waals surface area contributed by atoms with Crippen LogP contribution in [0, 0.1) is 11.8 Å². The van der Waals surface area contributed by atoms with E-state index in [9.17, 15) is 14.4 Å². The van der Waals surface area contributed by atoms with E-state index in [1.54, 1.807) is 10.4 Å². The number of unbranched alkanes of at least 4 members (excludes halogenated alkanes) is 2. The molecule has 1 fully saturated rings. The van der Waals surface area contributed by atoms with Crippen molar-refractivity contribution in [1.82, 2.24) is 21.0 Å². The Bertz CT molecular complexity index is 498. The number of nitrogens with one attached hydrogen (secondary N) is 3. The molecule has 3 atom stereocenters. The van der Waals surface area contributed by atoms with Crippen molar-refractivity contribution in [2.75, 3.05) is 13.6 Å². The minimum Gasteiger partial charge on any atom is -0.344 e. The minimum atomic E-state index is -0.627. The Hall–Kier alpha value is -1.67. The van der Waals surface area contributed by atoms with E-state index in [1.165, 1.54) is 0 Å². The molecule has 1 aliphatic heterocycles. The zero-order chi connectivity index (χ0) is 20.4. The maximum Gasteiger partial charge on any atom is 0.246 e. The van der Waals surface area contributed by atoms with Crippen molar-refractivity contribution in [3.63, 3.8) is 0 Å². The van der Waals surface area contributed by atoms with Crippen LogP contribution in [-0.2, 0) is 14.4 Å². The largest absolute Gasteiger partial charge is 0.344 e. The monoisotopic (exact) mass is 384 g/mol. The summed E-state index contributed by atoms with van der Waals surface area (Å²) in [5, 5.41) is 14.8. The number of hydrogen-bond acceptors (Lipinski definition) is 5. The van der Waals surface area contributed by atoms with E-state index in [4.69, 9.17) is 5.21 Å². The number of amides is 3. The van der Waals surface area contributed by atoms with Gasteiger partial charge in [-0.1, -0.05) is 40.0 Å². The number of carbonyl (C=O) groups is 3. The van der Waals surface area contributed by atoms with Gasteiger partial charge in [-0.25, -0.2) is 5.48 Å². The molecule has 0 aromatic rings. The molecule has 27 heavy (non-hydrogen) atoms. The molecule has 8 heteroatoms. The van der Waals surface area contributed by atoms with Crippen LogP contribution in [0.25, 0.3) is 0 Å². The van der Waals surface area contributed by atoms with Crippen molar-refractivity contribution in [1.29, 1.82) is 0 Å². The molecule has 1 saturated heterocycles. The molecule has 3 unspecified atom stereocenters. The molecule has 0 radical (unpaired) electrons. The van der Waals surface area contributed by atoms with E-state index in [0.29, 0.717) is 13.0 Å². The molecule has 0 aromatic heterocycles. The van der Waals surface area contributed by atoms with Crippen molar-refractivity contribution in [3.05, 3.63) is 0 Å². The standard InChI is InChI=1S/C19H36N4O4/c1-5-6-7-9-14(12-16(24)22-27)18(25)21-17(13(2)3)19(26)23-11-8-10-15(23)20-4/h13-15,17,20,27H,5-12H2,1-4H3,(H,21,25)(H,22,24). The lowest BCUT2D eigenvalue weighted by atomic mass is 9.94. The van der Waals surface area contributed by atoms with Gasteiger partial charge in [0.25, 0.3) is 0 Å². The van der Waals surface area contributed by atoms with Crippen LogP contribution < -0.4 is 16.1 Å². The molecule has 1 rings (SSSR count). The summed E-state index contributed by atoms with van der Waals surface area (Å²) in [5.74, 6) is -1.61. The third-order valence-corrected chi connectivity index (χ3v) is 5.18. The molecule has 0 bridgehead atoms. The summed E-state index contributed by atoms with van der Waals surface area (Å²) in [6, 6.07) is -0.627. The molecule has 0 spiro atoms. The van der Waals surface area contributed by atoms with Crippen LogP contribution >= 0.6 is 0 Å². The van der Waals surface area contributed by atoms with Gasteiger partial charge in [0.1, 0.15) is 6.04 Å². The summed E-state index contributed by atoms with van der Waals surface area (Å²) in [5.41, 5.74) is 1.60. The molecule has 1 aliphatic rings. The quantitative estimate of drug-likeness (QED) is 0.244. The predicted octanol–water partition coefficient (Wildman–Crippen LogP) is 1.39. The first kappa shape index (κ1) is 23.4. The molecule has 0 aliphatic carbocycles. The molecular formula is C19H36N4O4. The predicted molar refractivity (Wildman–Crippen MR) is 103 cm³/mol. The summed E-state index contributed by atoms with van der Waals surface area (Å²) in [4.78, 5) is 39.2. The van der Waals surface area contributed by atoms with Gasteiger partial charge in [-0.3, -0.25) is 19.6 Å². The van der Waals surface area contributed by atoms with Crippen molar-refractivity contribution in [3.8, 4) is 0 Å². The fourth-order valence-corrected chi connectivity index (χ4v) is 3.53. The summed E-state index contributed by atoms with van der Waals surface area (Å²) in [7, 11) is 1.83. The van der Waals surface area contributed by atoms with Gasteiger partial charge in [-0.2, -0.15) is 0 Å². The van der Waals surface area contributed by atoms with Gasteiger partial charge in [0.2, 0.25) is 17.7 Å². The van der Waals surface area contributed by atoms with Gasteiger partial charge in [0.15, 0.2) is 0 Å². The second-order valence-corrected chi connectivity index (χ2v) is 7.64. The van der Waals surface area contributed by atoms with Gasteiger partial charge in [-0.05, 0) is 32.2 Å². The van der Waals surface area contributed by atoms with Crippen molar-refractivity contribution in [2.45, 2.75) is 77.9 Å².